The molecule has 0 aromatic rings. The van der Waals surface area contributed by atoms with Gasteiger partial charge in [-0.25, -0.2) is 0 Å². The number of rotatable bonds is 4. The van der Waals surface area contributed by atoms with Crippen LogP contribution in [0.15, 0.2) is 12.7 Å². The molecule has 0 unspecified atom stereocenters. The second-order valence-electron chi connectivity index (χ2n) is 7.33. The number of hydrogen-bond donors (Lipinski definition) is 1. The van der Waals surface area contributed by atoms with Crippen LogP contribution in [0.2, 0.25) is 0 Å². The van der Waals surface area contributed by atoms with E-state index in [1.807, 2.05) is 6.08 Å². The fourth-order valence-corrected chi connectivity index (χ4v) is 3.09. The summed E-state index contributed by atoms with van der Waals surface area (Å²) in [5, 5.41) is 12.1. The molecular formula is C15H29NO2. The van der Waals surface area contributed by atoms with Crippen molar-refractivity contribution < 1.29 is 9.94 Å². The van der Waals surface area contributed by atoms with Crippen molar-refractivity contribution in [3.8, 4) is 0 Å². The summed E-state index contributed by atoms with van der Waals surface area (Å²) >= 11 is 0. The molecule has 1 fully saturated rings. The minimum Gasteiger partial charge on any atom is -0.393 e. The zero-order chi connectivity index (χ0) is 14.2. The Morgan fingerprint density at radius 3 is 2.11 bits per heavy atom. The Labute approximate surface area is 112 Å². The molecular weight excluding hydrogens is 226 g/mol. The molecule has 1 N–H and O–H groups in total. The lowest BCUT2D eigenvalue weighted by atomic mass is 9.80. The van der Waals surface area contributed by atoms with Crippen molar-refractivity contribution in [2.45, 2.75) is 83.6 Å². The van der Waals surface area contributed by atoms with E-state index in [2.05, 4.69) is 53.2 Å². The van der Waals surface area contributed by atoms with Crippen LogP contribution in [-0.2, 0) is 4.84 Å². The highest BCUT2D eigenvalue weighted by Gasteiger charge is 2.47. The van der Waals surface area contributed by atoms with E-state index in [0.717, 1.165) is 19.3 Å². The lowest BCUT2D eigenvalue weighted by Crippen LogP contribution is -2.63. The van der Waals surface area contributed by atoms with Gasteiger partial charge in [0.2, 0.25) is 0 Å². The minimum atomic E-state index is -0.265. The number of hydrogen-bond acceptors (Lipinski definition) is 3. The van der Waals surface area contributed by atoms with Crippen molar-refractivity contribution in [1.82, 2.24) is 5.06 Å². The van der Waals surface area contributed by atoms with Gasteiger partial charge in [0, 0.05) is 11.1 Å². The highest BCUT2D eigenvalue weighted by atomic mass is 16.7. The minimum absolute atomic E-state index is 0.167. The van der Waals surface area contributed by atoms with Gasteiger partial charge >= 0.3 is 0 Å². The number of hydroxylamine groups is 2. The van der Waals surface area contributed by atoms with Crippen molar-refractivity contribution in [2.75, 3.05) is 0 Å². The number of nitrogens with zero attached hydrogens (tertiary/aromatic N) is 1. The predicted octanol–water partition coefficient (Wildman–Crippen LogP) is 3.29. The summed E-state index contributed by atoms with van der Waals surface area (Å²) < 4.78 is 0. The summed E-state index contributed by atoms with van der Waals surface area (Å²) in [7, 11) is 0. The third kappa shape index (κ3) is 3.56. The Kier molecular flexibility index (Phi) is 4.31. The van der Waals surface area contributed by atoms with E-state index >= 15 is 0 Å². The molecule has 1 rings (SSSR count). The molecule has 18 heavy (non-hydrogen) atoms. The first-order valence-corrected chi connectivity index (χ1v) is 6.79. The average Bonchev–Trinajstić information content (AvgIpc) is 2.09. The maximum atomic E-state index is 10.0. The van der Waals surface area contributed by atoms with Gasteiger partial charge in [0.25, 0.3) is 0 Å². The Bertz CT molecular complexity index is 290. The van der Waals surface area contributed by atoms with Crippen LogP contribution in [0.3, 0.4) is 0 Å². The maximum Gasteiger partial charge on any atom is 0.0878 e. The van der Waals surface area contributed by atoms with Crippen molar-refractivity contribution in [3.05, 3.63) is 12.7 Å². The molecule has 0 radical (unpaired) electrons. The quantitative estimate of drug-likeness (QED) is 0.782. The van der Waals surface area contributed by atoms with Crippen LogP contribution in [0.4, 0.5) is 0 Å². The van der Waals surface area contributed by atoms with Gasteiger partial charge in [-0.05, 0) is 60.8 Å². The predicted molar refractivity (Wildman–Crippen MR) is 75.2 cm³/mol. The molecule has 1 aliphatic heterocycles. The summed E-state index contributed by atoms with van der Waals surface area (Å²) in [6.45, 7) is 16.4. The molecule has 0 spiro atoms. The SMILES string of the molecule is C=CCC(C)(C)ON1C(C)(C)CC(O)CC1(C)C. The van der Waals surface area contributed by atoms with Crippen LogP contribution < -0.4 is 0 Å². The molecule has 0 aliphatic carbocycles. The van der Waals surface area contributed by atoms with E-state index in [1.165, 1.54) is 0 Å². The topological polar surface area (TPSA) is 32.7 Å². The van der Waals surface area contributed by atoms with Crippen LogP contribution in [0.1, 0.15) is 60.8 Å². The third-order valence-corrected chi connectivity index (χ3v) is 3.54. The maximum absolute atomic E-state index is 10.0. The van der Waals surface area contributed by atoms with Gasteiger partial charge < -0.3 is 5.11 Å². The molecule has 3 nitrogen and oxygen atoms in total. The van der Waals surface area contributed by atoms with Gasteiger partial charge in [0.15, 0.2) is 0 Å². The Hall–Kier alpha value is -0.380. The van der Waals surface area contributed by atoms with Gasteiger partial charge in [-0.3, -0.25) is 4.84 Å². The van der Waals surface area contributed by atoms with Gasteiger partial charge in [0.05, 0.1) is 11.7 Å². The van der Waals surface area contributed by atoms with E-state index in [1.54, 1.807) is 0 Å². The number of aliphatic hydroxyl groups is 1. The first-order valence-electron chi connectivity index (χ1n) is 6.79. The molecule has 106 valence electrons. The van der Waals surface area contributed by atoms with Crippen LogP contribution in [0, 0.1) is 0 Å². The van der Waals surface area contributed by atoms with E-state index in [0.29, 0.717) is 0 Å². The third-order valence-electron chi connectivity index (χ3n) is 3.54. The summed E-state index contributed by atoms with van der Waals surface area (Å²) in [5.41, 5.74) is -0.599. The first-order chi connectivity index (χ1) is 8.00. The lowest BCUT2D eigenvalue weighted by molar-refractivity contribution is -0.336. The molecule has 1 aliphatic rings. The number of aliphatic hydroxyl groups excluding tert-OH is 1. The van der Waals surface area contributed by atoms with E-state index < -0.39 is 0 Å². The molecule has 3 heteroatoms. The summed E-state index contributed by atoms with van der Waals surface area (Å²) in [5.74, 6) is 0. The second-order valence-corrected chi connectivity index (χ2v) is 7.33. The van der Waals surface area contributed by atoms with E-state index in [9.17, 15) is 5.11 Å². The molecule has 1 saturated heterocycles. The average molecular weight is 255 g/mol. The Morgan fingerprint density at radius 2 is 1.72 bits per heavy atom. The zero-order valence-electron chi connectivity index (χ0n) is 12.8. The van der Waals surface area contributed by atoms with Gasteiger partial charge in [-0.1, -0.05) is 6.08 Å². The normalized spacial score (nSPS) is 25.1. The van der Waals surface area contributed by atoms with Crippen molar-refractivity contribution in [1.29, 1.82) is 0 Å². The van der Waals surface area contributed by atoms with E-state index in [-0.39, 0.29) is 22.8 Å². The van der Waals surface area contributed by atoms with Gasteiger partial charge in [0.1, 0.15) is 0 Å². The van der Waals surface area contributed by atoms with Crippen LogP contribution in [-0.4, -0.2) is 33.0 Å². The lowest BCUT2D eigenvalue weighted by Gasteiger charge is -2.55. The Morgan fingerprint density at radius 1 is 1.28 bits per heavy atom. The fourth-order valence-electron chi connectivity index (χ4n) is 3.09. The van der Waals surface area contributed by atoms with E-state index in [4.69, 9.17) is 4.84 Å². The summed E-state index contributed by atoms with van der Waals surface area (Å²) in [6.07, 6.45) is 3.91. The number of piperidine rings is 1. The highest BCUT2D eigenvalue weighted by molar-refractivity contribution is 4.97. The molecule has 0 saturated carbocycles. The molecule has 0 atom stereocenters. The smallest absolute Gasteiger partial charge is 0.0878 e. The second kappa shape index (κ2) is 4.95. The molecule has 1 heterocycles. The fraction of sp³-hybridized carbons (Fsp3) is 0.867. The van der Waals surface area contributed by atoms with Crippen molar-refractivity contribution in [2.24, 2.45) is 0 Å². The first kappa shape index (κ1) is 15.7. The van der Waals surface area contributed by atoms with Gasteiger partial charge in [-0.2, -0.15) is 5.06 Å². The van der Waals surface area contributed by atoms with Crippen molar-refractivity contribution >= 4 is 0 Å². The molecule has 0 aromatic heterocycles. The van der Waals surface area contributed by atoms with Crippen LogP contribution in [0.25, 0.3) is 0 Å². The highest BCUT2D eigenvalue weighted by Crippen LogP contribution is 2.40. The summed E-state index contributed by atoms with van der Waals surface area (Å²) in [4.78, 5) is 6.25. The summed E-state index contributed by atoms with van der Waals surface area (Å²) in [6, 6.07) is 0. The molecule has 0 amide bonds. The van der Waals surface area contributed by atoms with Crippen molar-refractivity contribution in [3.63, 3.8) is 0 Å². The standard InChI is InChI=1S/C15H29NO2/c1-8-9-15(6,7)18-16-13(2,3)10-12(17)11-14(16,4)5/h8,12,17H,1,9-11H2,2-7H3. The monoisotopic (exact) mass is 255 g/mol. The largest absolute Gasteiger partial charge is 0.393 e. The zero-order valence-corrected chi connectivity index (χ0v) is 12.8. The van der Waals surface area contributed by atoms with Crippen LogP contribution in [0.5, 0.6) is 0 Å². The van der Waals surface area contributed by atoms with Crippen LogP contribution >= 0.6 is 0 Å². The Balaban J connectivity index is 2.92. The molecule has 0 aromatic carbocycles. The van der Waals surface area contributed by atoms with Gasteiger partial charge in [-0.15, -0.1) is 6.58 Å². The molecule has 0 bridgehead atoms.